The molecule has 0 radical (unpaired) electrons. The van der Waals surface area contributed by atoms with Crippen LogP contribution in [0.2, 0.25) is 0 Å². The Morgan fingerprint density at radius 3 is 2.56 bits per heavy atom. The summed E-state index contributed by atoms with van der Waals surface area (Å²) in [5.41, 5.74) is 6.72. The summed E-state index contributed by atoms with van der Waals surface area (Å²) in [5, 5.41) is 10.9. The molecule has 0 spiro atoms. The van der Waals surface area contributed by atoms with E-state index in [1.807, 2.05) is 30.3 Å². The molecule has 0 saturated heterocycles. The lowest BCUT2D eigenvalue weighted by atomic mass is 10.2. The number of benzene rings is 1. The molecule has 0 aliphatic heterocycles. The molecule has 5 heteroatoms. The predicted molar refractivity (Wildman–Crippen MR) is 70.7 cm³/mol. The van der Waals surface area contributed by atoms with Crippen LogP contribution in [-0.4, -0.2) is 9.91 Å². The summed E-state index contributed by atoms with van der Waals surface area (Å²) in [7, 11) is 0. The number of nitrogens with zero attached hydrogens (tertiary/aromatic N) is 2. The molecule has 0 atom stereocenters. The van der Waals surface area contributed by atoms with Crippen LogP contribution in [0.1, 0.15) is 11.3 Å². The van der Waals surface area contributed by atoms with Gasteiger partial charge in [-0.25, -0.2) is 4.98 Å². The van der Waals surface area contributed by atoms with Crippen LogP contribution in [0.15, 0.2) is 42.6 Å². The van der Waals surface area contributed by atoms with Gasteiger partial charge in [-0.1, -0.05) is 36.4 Å². The molecule has 0 aliphatic carbocycles. The van der Waals surface area contributed by atoms with Crippen molar-refractivity contribution in [3.63, 3.8) is 0 Å². The predicted octanol–water partition coefficient (Wildman–Crippen LogP) is 2.74. The number of pyridine rings is 1. The monoisotopic (exact) mass is 241 g/mol. The Hall–Kier alpha value is -2.69. The molecule has 2 aromatic rings. The van der Waals surface area contributed by atoms with Gasteiger partial charge in [0.25, 0.3) is 0 Å². The van der Waals surface area contributed by atoms with E-state index in [9.17, 15) is 10.1 Å². The van der Waals surface area contributed by atoms with Crippen molar-refractivity contribution in [2.24, 2.45) is 0 Å². The van der Waals surface area contributed by atoms with Gasteiger partial charge >= 0.3 is 5.69 Å². The molecule has 1 aromatic heterocycles. The van der Waals surface area contributed by atoms with Crippen LogP contribution in [0.3, 0.4) is 0 Å². The van der Waals surface area contributed by atoms with Crippen molar-refractivity contribution in [1.29, 1.82) is 0 Å². The summed E-state index contributed by atoms with van der Waals surface area (Å²) in [6.45, 7) is 0. The summed E-state index contributed by atoms with van der Waals surface area (Å²) in [6.07, 6.45) is 4.80. The Balaban J connectivity index is 2.38. The lowest BCUT2D eigenvalue weighted by Crippen LogP contribution is -1.99. The fourth-order valence-corrected chi connectivity index (χ4v) is 1.55. The van der Waals surface area contributed by atoms with Crippen molar-refractivity contribution in [3.8, 4) is 0 Å². The van der Waals surface area contributed by atoms with E-state index in [4.69, 9.17) is 5.73 Å². The smallest absolute Gasteiger partial charge is 0.317 e. The van der Waals surface area contributed by atoms with Crippen LogP contribution < -0.4 is 5.73 Å². The maximum Gasteiger partial charge on any atom is 0.317 e. The lowest BCUT2D eigenvalue weighted by molar-refractivity contribution is -0.384. The number of hydrogen-bond acceptors (Lipinski definition) is 4. The van der Waals surface area contributed by atoms with Gasteiger partial charge in [0.15, 0.2) is 0 Å². The van der Waals surface area contributed by atoms with E-state index in [0.717, 1.165) is 5.56 Å². The molecular weight excluding hydrogens is 230 g/mol. The number of hydrogen-bond donors (Lipinski definition) is 1. The van der Waals surface area contributed by atoms with E-state index in [2.05, 4.69) is 4.98 Å². The Labute approximate surface area is 104 Å². The summed E-state index contributed by atoms with van der Waals surface area (Å²) < 4.78 is 0. The van der Waals surface area contributed by atoms with Gasteiger partial charge in [0, 0.05) is 6.20 Å². The molecule has 1 aromatic carbocycles. The van der Waals surface area contributed by atoms with Crippen molar-refractivity contribution >= 4 is 23.5 Å². The zero-order valence-electron chi connectivity index (χ0n) is 9.48. The van der Waals surface area contributed by atoms with Gasteiger partial charge < -0.3 is 5.73 Å². The molecule has 0 aliphatic rings. The molecular formula is C13H11N3O2. The second-order valence-corrected chi connectivity index (χ2v) is 3.64. The van der Waals surface area contributed by atoms with Gasteiger partial charge in [-0.3, -0.25) is 10.1 Å². The zero-order chi connectivity index (χ0) is 13.0. The van der Waals surface area contributed by atoms with Crippen LogP contribution >= 0.6 is 0 Å². The largest absolute Gasteiger partial charge is 0.393 e. The summed E-state index contributed by atoms with van der Waals surface area (Å²) >= 11 is 0. The second kappa shape index (κ2) is 5.09. The molecule has 0 fully saturated rings. The van der Waals surface area contributed by atoms with Gasteiger partial charge in [-0.05, 0) is 17.7 Å². The average molecular weight is 241 g/mol. The fraction of sp³-hybridized carbons (Fsp3) is 0. The summed E-state index contributed by atoms with van der Waals surface area (Å²) in [5.74, 6) is 0. The van der Waals surface area contributed by atoms with Crippen LogP contribution in [0, 0.1) is 10.1 Å². The number of nitro groups is 1. The third-order valence-electron chi connectivity index (χ3n) is 2.40. The maximum atomic E-state index is 10.9. The number of anilines is 1. The molecule has 18 heavy (non-hydrogen) atoms. The first kappa shape index (κ1) is 11.8. The van der Waals surface area contributed by atoms with Crippen LogP contribution in [0.5, 0.6) is 0 Å². The highest BCUT2D eigenvalue weighted by molar-refractivity contribution is 5.76. The molecule has 0 bridgehead atoms. The normalized spacial score (nSPS) is 10.7. The molecule has 0 unspecified atom stereocenters. The molecule has 90 valence electrons. The number of nitrogen functional groups attached to an aromatic ring is 1. The first-order valence-corrected chi connectivity index (χ1v) is 5.30. The third-order valence-corrected chi connectivity index (χ3v) is 2.40. The van der Waals surface area contributed by atoms with E-state index >= 15 is 0 Å². The van der Waals surface area contributed by atoms with Gasteiger partial charge in [0.1, 0.15) is 11.4 Å². The molecule has 0 amide bonds. The Morgan fingerprint density at radius 1 is 1.17 bits per heavy atom. The van der Waals surface area contributed by atoms with E-state index in [-0.39, 0.29) is 17.1 Å². The minimum Gasteiger partial charge on any atom is -0.393 e. The maximum absolute atomic E-state index is 10.9. The third kappa shape index (κ3) is 2.52. The van der Waals surface area contributed by atoms with Crippen molar-refractivity contribution < 1.29 is 4.92 Å². The first-order chi connectivity index (χ1) is 8.68. The minimum atomic E-state index is -0.521. The summed E-state index contributed by atoms with van der Waals surface area (Å²) in [6, 6.07) is 10.9. The van der Waals surface area contributed by atoms with Gasteiger partial charge in [-0.2, -0.15) is 0 Å². The number of nitrogens with two attached hydrogens (primary N) is 1. The minimum absolute atomic E-state index is 0.114. The van der Waals surface area contributed by atoms with E-state index < -0.39 is 4.92 Å². The highest BCUT2D eigenvalue weighted by Gasteiger charge is 2.16. The highest BCUT2D eigenvalue weighted by atomic mass is 16.6. The van der Waals surface area contributed by atoms with Gasteiger partial charge in [0.05, 0.1) is 4.92 Å². The van der Waals surface area contributed by atoms with Crippen molar-refractivity contribution in [1.82, 2.24) is 4.98 Å². The van der Waals surface area contributed by atoms with E-state index in [1.165, 1.54) is 12.3 Å². The second-order valence-electron chi connectivity index (χ2n) is 3.64. The Bertz CT molecular complexity index is 594. The van der Waals surface area contributed by atoms with Crippen LogP contribution in [-0.2, 0) is 0 Å². The van der Waals surface area contributed by atoms with Crippen LogP contribution in [0.4, 0.5) is 11.4 Å². The zero-order valence-corrected chi connectivity index (χ0v) is 9.48. The molecule has 2 rings (SSSR count). The van der Waals surface area contributed by atoms with Crippen LogP contribution in [0.25, 0.3) is 12.2 Å². The fourth-order valence-electron chi connectivity index (χ4n) is 1.55. The molecule has 2 N–H and O–H groups in total. The SMILES string of the molecule is Nc1ccnc(/C=C/c2ccccc2)c1[N+](=O)[O-]. The quantitative estimate of drug-likeness (QED) is 0.661. The number of rotatable bonds is 3. The molecule has 1 heterocycles. The lowest BCUT2D eigenvalue weighted by Gasteiger charge is -1.99. The first-order valence-electron chi connectivity index (χ1n) is 5.30. The van der Waals surface area contributed by atoms with Gasteiger partial charge in [-0.15, -0.1) is 0 Å². The van der Waals surface area contributed by atoms with Crippen molar-refractivity contribution in [2.75, 3.05) is 5.73 Å². The van der Waals surface area contributed by atoms with E-state index in [1.54, 1.807) is 12.2 Å². The standard InChI is InChI=1S/C13H11N3O2/c14-11-8-9-15-12(13(11)16(17)18)7-6-10-4-2-1-3-5-10/h1-9H,(H2,14,15)/b7-6+. The van der Waals surface area contributed by atoms with Gasteiger partial charge in [0.2, 0.25) is 0 Å². The highest BCUT2D eigenvalue weighted by Crippen LogP contribution is 2.25. The Kier molecular flexibility index (Phi) is 3.33. The van der Waals surface area contributed by atoms with Crippen molar-refractivity contribution in [2.45, 2.75) is 0 Å². The Morgan fingerprint density at radius 2 is 1.89 bits per heavy atom. The number of aromatic nitrogens is 1. The average Bonchev–Trinajstić information content (AvgIpc) is 2.37. The molecule has 5 nitrogen and oxygen atoms in total. The summed E-state index contributed by atoms with van der Waals surface area (Å²) in [4.78, 5) is 14.4. The van der Waals surface area contributed by atoms with E-state index in [0.29, 0.717) is 0 Å². The molecule has 0 saturated carbocycles. The topological polar surface area (TPSA) is 82.0 Å². The van der Waals surface area contributed by atoms with Crippen molar-refractivity contribution in [3.05, 3.63) is 64.0 Å².